The van der Waals surface area contributed by atoms with E-state index in [-0.39, 0.29) is 18.5 Å². The molecule has 2 heterocycles. The zero-order valence-electron chi connectivity index (χ0n) is 14.2. The summed E-state index contributed by atoms with van der Waals surface area (Å²) in [6.45, 7) is 2.80. The van der Waals surface area contributed by atoms with Gasteiger partial charge in [0.05, 0.1) is 18.3 Å². The van der Waals surface area contributed by atoms with Crippen LogP contribution in [0.2, 0.25) is 5.02 Å². The van der Waals surface area contributed by atoms with E-state index in [0.717, 1.165) is 16.7 Å². The molecule has 0 aliphatic rings. The van der Waals surface area contributed by atoms with Gasteiger partial charge in [0, 0.05) is 23.2 Å². The molecular weight excluding hydrogens is 338 g/mol. The van der Waals surface area contributed by atoms with Crippen molar-refractivity contribution in [3.8, 4) is 0 Å². The van der Waals surface area contributed by atoms with Crippen molar-refractivity contribution >= 4 is 28.5 Å². The van der Waals surface area contributed by atoms with Crippen LogP contribution in [0.3, 0.4) is 0 Å². The topological polar surface area (TPSA) is 58.4 Å². The van der Waals surface area contributed by atoms with E-state index in [1.165, 1.54) is 0 Å². The van der Waals surface area contributed by atoms with Gasteiger partial charge in [0.15, 0.2) is 0 Å². The Morgan fingerprint density at radius 3 is 2.92 bits per heavy atom. The maximum atomic E-state index is 12.3. The molecule has 3 aromatic rings. The summed E-state index contributed by atoms with van der Waals surface area (Å²) in [5.41, 5.74) is 1.69. The molecule has 0 radical (unpaired) electrons. The van der Waals surface area contributed by atoms with Crippen LogP contribution in [0.25, 0.3) is 11.0 Å². The molecule has 0 saturated carbocycles. The Balaban J connectivity index is 1.57. The average Bonchev–Trinajstić information content (AvgIpc) is 2.98. The van der Waals surface area contributed by atoms with Crippen molar-refractivity contribution in [2.75, 3.05) is 13.6 Å². The highest BCUT2D eigenvalue weighted by Gasteiger charge is 2.15. The summed E-state index contributed by atoms with van der Waals surface area (Å²) < 4.78 is 5.79. The van der Waals surface area contributed by atoms with Crippen molar-refractivity contribution in [1.29, 1.82) is 0 Å². The summed E-state index contributed by atoms with van der Waals surface area (Å²) in [7, 11) is 1.89. The van der Waals surface area contributed by atoms with Crippen molar-refractivity contribution in [3.63, 3.8) is 0 Å². The van der Waals surface area contributed by atoms with Crippen LogP contribution in [0.15, 0.2) is 53.1 Å². The van der Waals surface area contributed by atoms with Gasteiger partial charge in [0.2, 0.25) is 5.91 Å². The summed E-state index contributed by atoms with van der Waals surface area (Å²) in [6.07, 6.45) is 1.75. The molecule has 1 atom stereocenters. The van der Waals surface area contributed by atoms with E-state index in [1.54, 1.807) is 12.3 Å². The summed E-state index contributed by atoms with van der Waals surface area (Å²) in [5.74, 6) is 0.641. The number of aromatic nitrogens is 1. The van der Waals surface area contributed by atoms with Gasteiger partial charge in [-0.1, -0.05) is 17.7 Å². The Kier molecular flexibility index (Phi) is 5.36. The van der Waals surface area contributed by atoms with E-state index in [1.807, 2.05) is 55.3 Å². The zero-order valence-corrected chi connectivity index (χ0v) is 15.0. The minimum atomic E-state index is -0.220. The highest BCUT2D eigenvalue weighted by molar-refractivity contribution is 6.31. The van der Waals surface area contributed by atoms with Crippen molar-refractivity contribution in [2.24, 2.45) is 0 Å². The molecule has 0 fully saturated rings. The molecule has 6 heteroatoms. The molecule has 0 saturated heterocycles. The molecule has 5 nitrogen and oxygen atoms in total. The van der Waals surface area contributed by atoms with Gasteiger partial charge >= 0.3 is 0 Å². The van der Waals surface area contributed by atoms with Crippen molar-refractivity contribution in [3.05, 3.63) is 65.1 Å². The zero-order chi connectivity index (χ0) is 17.8. The molecule has 1 amide bonds. The van der Waals surface area contributed by atoms with E-state index in [9.17, 15) is 4.79 Å². The van der Waals surface area contributed by atoms with Crippen LogP contribution in [0, 0.1) is 0 Å². The van der Waals surface area contributed by atoms with Gasteiger partial charge in [0.1, 0.15) is 11.3 Å². The molecule has 130 valence electrons. The molecule has 0 spiro atoms. The van der Waals surface area contributed by atoms with Crippen LogP contribution >= 0.6 is 11.6 Å². The number of nitrogens with one attached hydrogen (secondary N) is 1. The number of benzene rings is 1. The Morgan fingerprint density at radius 2 is 2.16 bits per heavy atom. The SMILES string of the molecule is C[C@H](NC(=O)CN(C)Cc1ccccn1)c1cc2cc(Cl)ccc2o1. The quantitative estimate of drug-likeness (QED) is 0.729. The van der Waals surface area contributed by atoms with Crippen molar-refractivity contribution in [1.82, 2.24) is 15.2 Å². The molecule has 0 bridgehead atoms. The standard InChI is InChI=1S/C19H20ClN3O2/c1-13(18-10-14-9-15(20)6-7-17(14)25-18)22-19(24)12-23(2)11-16-5-3-4-8-21-16/h3-10,13H,11-12H2,1-2H3,(H,22,24)/t13-/m0/s1. The predicted molar refractivity (Wildman–Crippen MR) is 98.4 cm³/mol. The normalized spacial score (nSPS) is 12.5. The van der Waals surface area contributed by atoms with Crippen molar-refractivity contribution < 1.29 is 9.21 Å². The number of hydrogen-bond acceptors (Lipinski definition) is 4. The lowest BCUT2D eigenvalue weighted by atomic mass is 10.2. The van der Waals surface area contributed by atoms with Gasteiger partial charge in [0.25, 0.3) is 0 Å². The molecule has 3 rings (SSSR count). The van der Waals surface area contributed by atoms with Gasteiger partial charge in [-0.05, 0) is 50.4 Å². The second-order valence-electron chi connectivity index (χ2n) is 6.11. The van der Waals surface area contributed by atoms with Crippen LogP contribution in [0.4, 0.5) is 0 Å². The first-order chi connectivity index (χ1) is 12.0. The number of nitrogens with zero attached hydrogens (tertiary/aromatic N) is 2. The number of fused-ring (bicyclic) bond motifs is 1. The fourth-order valence-electron chi connectivity index (χ4n) is 2.68. The van der Waals surface area contributed by atoms with Gasteiger partial charge in [-0.2, -0.15) is 0 Å². The Morgan fingerprint density at radius 1 is 1.32 bits per heavy atom. The fourth-order valence-corrected chi connectivity index (χ4v) is 2.86. The van der Waals surface area contributed by atoms with Crippen LogP contribution in [0.1, 0.15) is 24.4 Å². The van der Waals surface area contributed by atoms with Gasteiger partial charge in [-0.3, -0.25) is 14.7 Å². The molecule has 1 N–H and O–H groups in total. The first-order valence-corrected chi connectivity index (χ1v) is 8.46. The predicted octanol–water partition coefficient (Wildman–Crippen LogP) is 3.79. The Labute approximate surface area is 151 Å². The molecule has 0 aliphatic heterocycles. The van der Waals surface area contributed by atoms with Crippen LogP contribution in [-0.4, -0.2) is 29.4 Å². The van der Waals surface area contributed by atoms with Gasteiger partial charge in [-0.15, -0.1) is 0 Å². The summed E-state index contributed by atoms with van der Waals surface area (Å²) in [4.78, 5) is 18.4. The number of carbonyl (C=O) groups is 1. The lowest BCUT2D eigenvalue weighted by molar-refractivity contribution is -0.122. The third-order valence-corrected chi connectivity index (χ3v) is 4.11. The highest BCUT2D eigenvalue weighted by Crippen LogP contribution is 2.26. The molecule has 0 unspecified atom stereocenters. The van der Waals surface area contributed by atoms with Crippen molar-refractivity contribution in [2.45, 2.75) is 19.5 Å². The molecule has 0 aliphatic carbocycles. The third kappa shape index (κ3) is 4.59. The Bertz CT molecular complexity index is 863. The maximum Gasteiger partial charge on any atom is 0.234 e. The van der Waals surface area contributed by atoms with E-state index in [4.69, 9.17) is 16.0 Å². The van der Waals surface area contributed by atoms with E-state index < -0.39 is 0 Å². The van der Waals surface area contributed by atoms with E-state index in [0.29, 0.717) is 17.3 Å². The average molecular weight is 358 g/mol. The maximum absolute atomic E-state index is 12.3. The first-order valence-electron chi connectivity index (χ1n) is 8.08. The number of carbonyl (C=O) groups excluding carboxylic acids is 1. The minimum absolute atomic E-state index is 0.0654. The monoisotopic (exact) mass is 357 g/mol. The first kappa shape index (κ1) is 17.5. The lowest BCUT2D eigenvalue weighted by Crippen LogP contribution is -2.36. The molecule has 2 aromatic heterocycles. The number of hydrogen-bond donors (Lipinski definition) is 1. The smallest absolute Gasteiger partial charge is 0.234 e. The summed E-state index contributed by atoms with van der Waals surface area (Å²) in [5, 5.41) is 4.55. The number of amides is 1. The number of rotatable bonds is 6. The number of pyridine rings is 1. The molecule has 1 aromatic carbocycles. The number of furan rings is 1. The fraction of sp³-hybridized carbons (Fsp3) is 0.263. The largest absolute Gasteiger partial charge is 0.459 e. The van der Waals surface area contributed by atoms with Crippen LogP contribution in [-0.2, 0) is 11.3 Å². The van der Waals surface area contributed by atoms with Gasteiger partial charge < -0.3 is 9.73 Å². The van der Waals surface area contributed by atoms with Crippen LogP contribution in [0.5, 0.6) is 0 Å². The number of halogens is 1. The Hall–Kier alpha value is -2.37. The van der Waals surface area contributed by atoms with E-state index >= 15 is 0 Å². The van der Waals surface area contributed by atoms with E-state index in [2.05, 4.69) is 10.3 Å². The minimum Gasteiger partial charge on any atom is -0.459 e. The summed E-state index contributed by atoms with van der Waals surface area (Å²) in [6, 6.07) is 12.9. The number of likely N-dealkylation sites (N-methyl/N-ethyl adjacent to an activating group) is 1. The molecule has 25 heavy (non-hydrogen) atoms. The lowest BCUT2D eigenvalue weighted by Gasteiger charge is -2.17. The highest BCUT2D eigenvalue weighted by atomic mass is 35.5. The molecular formula is C19H20ClN3O2. The van der Waals surface area contributed by atoms with Crippen LogP contribution < -0.4 is 5.32 Å². The summed E-state index contributed by atoms with van der Waals surface area (Å²) >= 11 is 5.99. The second-order valence-corrected chi connectivity index (χ2v) is 6.55. The third-order valence-electron chi connectivity index (χ3n) is 3.87. The van der Waals surface area contributed by atoms with Gasteiger partial charge in [-0.25, -0.2) is 0 Å². The second kappa shape index (κ2) is 7.68.